The third kappa shape index (κ3) is 4.13. The normalized spacial score (nSPS) is 16.7. The van der Waals surface area contributed by atoms with Crippen LogP contribution in [0.2, 0.25) is 0 Å². The molecule has 1 unspecified atom stereocenters. The molecule has 0 bridgehead atoms. The summed E-state index contributed by atoms with van der Waals surface area (Å²) in [6, 6.07) is 4.53. The Balaban J connectivity index is 1.73. The Morgan fingerprint density at radius 2 is 2.04 bits per heavy atom. The van der Waals surface area contributed by atoms with Crippen LogP contribution < -0.4 is 9.47 Å². The molecule has 1 aliphatic heterocycles. The predicted molar refractivity (Wildman–Crippen MR) is 96.0 cm³/mol. The molecule has 1 amide bonds. The Labute approximate surface area is 156 Å². The molecular weight excluding hydrogens is 352 g/mol. The Bertz CT molecular complexity index is 857. The summed E-state index contributed by atoms with van der Waals surface area (Å²) >= 11 is 0. The number of carbonyl (C=O) groups excluding carboxylic acids is 1. The Hall–Kier alpha value is -3.23. The number of nitro benzene ring substituents is 1. The summed E-state index contributed by atoms with van der Waals surface area (Å²) in [7, 11) is 1.48. The zero-order valence-electron chi connectivity index (χ0n) is 15.1. The van der Waals surface area contributed by atoms with Crippen molar-refractivity contribution in [3.05, 3.63) is 51.8 Å². The van der Waals surface area contributed by atoms with Gasteiger partial charge in [0.1, 0.15) is 6.10 Å². The summed E-state index contributed by atoms with van der Waals surface area (Å²) in [6.07, 6.45) is 4.28. The van der Waals surface area contributed by atoms with Gasteiger partial charge < -0.3 is 14.4 Å². The molecule has 1 fully saturated rings. The molecule has 9 heteroatoms. The summed E-state index contributed by atoms with van der Waals surface area (Å²) in [5, 5.41) is 11.1. The fraction of sp³-hybridized carbons (Fsp3) is 0.389. The lowest BCUT2D eigenvalue weighted by molar-refractivity contribution is -0.385. The van der Waals surface area contributed by atoms with Gasteiger partial charge in [0, 0.05) is 36.1 Å². The third-order valence-electron chi connectivity index (χ3n) is 4.42. The molecule has 1 aromatic heterocycles. The van der Waals surface area contributed by atoms with Gasteiger partial charge in [-0.3, -0.25) is 14.9 Å². The summed E-state index contributed by atoms with van der Waals surface area (Å²) in [5.74, 6) is 0.317. The van der Waals surface area contributed by atoms with E-state index in [1.165, 1.54) is 25.6 Å². The molecule has 0 N–H and O–H groups in total. The summed E-state index contributed by atoms with van der Waals surface area (Å²) < 4.78 is 11.0. The Morgan fingerprint density at radius 3 is 2.74 bits per heavy atom. The van der Waals surface area contributed by atoms with Crippen LogP contribution in [0.1, 0.15) is 28.8 Å². The third-order valence-corrected chi connectivity index (χ3v) is 4.42. The number of hydrogen-bond donors (Lipinski definition) is 0. The lowest BCUT2D eigenvalue weighted by atomic mass is 10.0. The van der Waals surface area contributed by atoms with E-state index in [1.54, 1.807) is 24.0 Å². The van der Waals surface area contributed by atoms with Crippen LogP contribution in [0.25, 0.3) is 0 Å². The molecule has 142 valence electrons. The van der Waals surface area contributed by atoms with Gasteiger partial charge in [-0.25, -0.2) is 9.97 Å². The number of nitrogens with zero attached hydrogens (tertiary/aromatic N) is 4. The van der Waals surface area contributed by atoms with Gasteiger partial charge in [0.15, 0.2) is 0 Å². The number of methoxy groups -OCH3 is 1. The van der Waals surface area contributed by atoms with Gasteiger partial charge in [-0.2, -0.15) is 0 Å². The minimum atomic E-state index is -0.478. The van der Waals surface area contributed by atoms with Crippen molar-refractivity contribution in [2.75, 3.05) is 20.2 Å². The molecule has 9 nitrogen and oxygen atoms in total. The molecule has 0 radical (unpaired) electrons. The number of aryl methyl sites for hydroxylation is 1. The van der Waals surface area contributed by atoms with Crippen LogP contribution in [0.15, 0.2) is 30.6 Å². The highest BCUT2D eigenvalue weighted by molar-refractivity contribution is 5.95. The number of benzene rings is 1. The van der Waals surface area contributed by atoms with Gasteiger partial charge in [0.25, 0.3) is 23.4 Å². The van der Waals surface area contributed by atoms with E-state index in [2.05, 4.69) is 9.97 Å². The first-order valence-corrected chi connectivity index (χ1v) is 8.55. The molecule has 0 spiro atoms. The number of rotatable bonds is 5. The first-order chi connectivity index (χ1) is 13.0. The fourth-order valence-electron chi connectivity index (χ4n) is 3.03. The largest absolute Gasteiger partial charge is 0.477 e. The maximum atomic E-state index is 12.8. The van der Waals surface area contributed by atoms with Gasteiger partial charge in [-0.05, 0) is 25.8 Å². The highest BCUT2D eigenvalue weighted by Crippen LogP contribution is 2.25. The average Bonchev–Trinajstić information content (AvgIpc) is 2.68. The smallest absolute Gasteiger partial charge is 0.278 e. The van der Waals surface area contributed by atoms with Crippen molar-refractivity contribution < 1.29 is 19.2 Å². The summed E-state index contributed by atoms with van der Waals surface area (Å²) in [4.78, 5) is 33.3. The number of carbonyl (C=O) groups is 1. The molecule has 27 heavy (non-hydrogen) atoms. The van der Waals surface area contributed by atoms with Crippen molar-refractivity contribution in [3.8, 4) is 11.8 Å². The fourth-order valence-corrected chi connectivity index (χ4v) is 3.03. The van der Waals surface area contributed by atoms with Crippen molar-refractivity contribution in [1.29, 1.82) is 0 Å². The molecule has 1 aromatic carbocycles. The zero-order chi connectivity index (χ0) is 19.4. The standard InChI is InChI=1S/C18H20N4O5/c1-12-5-6-13(10-15(12)22(24)25)18(23)21-9-3-4-14(11-21)27-17-16(26-2)19-7-8-20-17/h5-8,10,14H,3-4,9,11H2,1-2H3. The number of piperidine rings is 1. The van der Waals surface area contributed by atoms with E-state index in [0.717, 1.165) is 12.8 Å². The van der Waals surface area contributed by atoms with Gasteiger partial charge in [0.05, 0.1) is 18.6 Å². The predicted octanol–water partition coefficient (Wildman–Crippen LogP) is 2.39. The van der Waals surface area contributed by atoms with Crippen LogP contribution in [0.5, 0.6) is 11.8 Å². The van der Waals surface area contributed by atoms with Gasteiger partial charge in [-0.1, -0.05) is 6.07 Å². The van der Waals surface area contributed by atoms with Gasteiger partial charge in [0.2, 0.25) is 0 Å². The first kappa shape index (κ1) is 18.6. The van der Waals surface area contributed by atoms with Crippen LogP contribution in [0.3, 0.4) is 0 Å². The molecule has 1 atom stereocenters. The molecule has 1 aliphatic rings. The first-order valence-electron chi connectivity index (χ1n) is 8.55. The second-order valence-corrected chi connectivity index (χ2v) is 6.26. The molecule has 2 aromatic rings. The average molecular weight is 372 g/mol. The van der Waals surface area contributed by atoms with E-state index < -0.39 is 4.92 Å². The topological polar surface area (TPSA) is 108 Å². The molecular formula is C18H20N4O5. The van der Waals surface area contributed by atoms with Crippen molar-refractivity contribution >= 4 is 11.6 Å². The number of hydrogen-bond acceptors (Lipinski definition) is 7. The monoisotopic (exact) mass is 372 g/mol. The van der Waals surface area contributed by atoms with E-state index in [0.29, 0.717) is 24.2 Å². The van der Waals surface area contributed by atoms with Gasteiger partial charge in [-0.15, -0.1) is 0 Å². The van der Waals surface area contributed by atoms with E-state index in [1.807, 2.05) is 0 Å². The second-order valence-electron chi connectivity index (χ2n) is 6.26. The van der Waals surface area contributed by atoms with E-state index in [-0.39, 0.29) is 29.5 Å². The molecule has 2 heterocycles. The van der Waals surface area contributed by atoms with Crippen LogP contribution in [0.4, 0.5) is 5.69 Å². The second kappa shape index (κ2) is 7.98. The quantitative estimate of drug-likeness (QED) is 0.586. The number of likely N-dealkylation sites (tertiary alicyclic amines) is 1. The number of amides is 1. The van der Waals surface area contributed by atoms with Crippen molar-refractivity contribution in [2.24, 2.45) is 0 Å². The highest BCUT2D eigenvalue weighted by Gasteiger charge is 2.28. The van der Waals surface area contributed by atoms with Crippen molar-refractivity contribution in [2.45, 2.75) is 25.9 Å². The SMILES string of the molecule is COc1nccnc1OC1CCCN(C(=O)c2ccc(C)c([N+](=O)[O-])c2)C1. The maximum Gasteiger partial charge on any atom is 0.278 e. The lowest BCUT2D eigenvalue weighted by Gasteiger charge is -2.32. The van der Waals surface area contributed by atoms with Crippen LogP contribution in [-0.4, -0.2) is 52.0 Å². The van der Waals surface area contributed by atoms with Gasteiger partial charge >= 0.3 is 0 Å². The minimum absolute atomic E-state index is 0.0602. The zero-order valence-corrected chi connectivity index (χ0v) is 15.1. The lowest BCUT2D eigenvalue weighted by Crippen LogP contribution is -2.44. The molecule has 0 saturated carbocycles. The maximum absolute atomic E-state index is 12.8. The van der Waals surface area contributed by atoms with Crippen LogP contribution in [-0.2, 0) is 0 Å². The van der Waals surface area contributed by atoms with E-state index in [9.17, 15) is 14.9 Å². The number of ether oxygens (including phenoxy) is 2. The van der Waals surface area contributed by atoms with E-state index in [4.69, 9.17) is 9.47 Å². The number of nitro groups is 1. The molecule has 1 saturated heterocycles. The van der Waals surface area contributed by atoms with Crippen molar-refractivity contribution in [3.63, 3.8) is 0 Å². The molecule has 3 rings (SSSR count). The van der Waals surface area contributed by atoms with Crippen molar-refractivity contribution in [1.82, 2.24) is 14.9 Å². The summed E-state index contributed by atoms with van der Waals surface area (Å²) in [6.45, 7) is 2.57. The Morgan fingerprint density at radius 1 is 1.30 bits per heavy atom. The van der Waals surface area contributed by atoms with Crippen LogP contribution in [0, 0.1) is 17.0 Å². The van der Waals surface area contributed by atoms with Crippen LogP contribution >= 0.6 is 0 Å². The minimum Gasteiger partial charge on any atom is -0.477 e. The Kier molecular flexibility index (Phi) is 5.49. The van der Waals surface area contributed by atoms with E-state index >= 15 is 0 Å². The number of aromatic nitrogens is 2. The highest BCUT2D eigenvalue weighted by atomic mass is 16.6. The summed E-state index contributed by atoms with van der Waals surface area (Å²) in [5.41, 5.74) is 0.756. The molecule has 0 aliphatic carbocycles.